The second-order valence-electron chi connectivity index (χ2n) is 5.00. The van der Waals surface area contributed by atoms with Crippen molar-refractivity contribution < 1.29 is 24.0 Å². The lowest BCUT2D eigenvalue weighted by Gasteiger charge is -2.14. The average molecular weight is 332 g/mol. The van der Waals surface area contributed by atoms with Gasteiger partial charge in [-0.05, 0) is 23.8 Å². The van der Waals surface area contributed by atoms with E-state index in [1.807, 2.05) is 0 Å². The summed E-state index contributed by atoms with van der Waals surface area (Å²) in [7, 11) is 0. The molecule has 0 aliphatic rings. The number of amides is 1. The fourth-order valence-corrected chi connectivity index (χ4v) is 2.06. The monoisotopic (exact) mass is 332 g/mol. The van der Waals surface area contributed by atoms with Crippen LogP contribution in [-0.2, 0) is 11.2 Å². The summed E-state index contributed by atoms with van der Waals surface area (Å²) in [6, 6.07) is 8.95. The fourth-order valence-electron chi connectivity index (χ4n) is 2.06. The number of nitro benzene ring substituents is 1. The zero-order chi connectivity index (χ0) is 17.7. The number of aliphatic carboxylic acids is 1. The molecular formula is C16H13FN2O5. The predicted molar refractivity (Wildman–Crippen MR) is 82.1 cm³/mol. The molecule has 2 aromatic rings. The van der Waals surface area contributed by atoms with Gasteiger partial charge in [0, 0.05) is 24.1 Å². The minimum absolute atomic E-state index is 0.0189. The normalized spacial score (nSPS) is 11.5. The SMILES string of the molecule is O=C(N[C@H](Cc1ccc(F)cc1)C(=O)O)c1cccc([N+](=O)[O-])c1. The number of nitro groups is 1. The molecule has 2 aromatic carbocycles. The van der Waals surface area contributed by atoms with Gasteiger partial charge in [0.2, 0.25) is 0 Å². The molecule has 0 aliphatic carbocycles. The van der Waals surface area contributed by atoms with Crippen molar-refractivity contribution in [2.24, 2.45) is 0 Å². The van der Waals surface area contributed by atoms with Crippen LogP contribution in [0.2, 0.25) is 0 Å². The van der Waals surface area contributed by atoms with Gasteiger partial charge in [-0.2, -0.15) is 0 Å². The molecular weight excluding hydrogens is 319 g/mol. The molecule has 0 aliphatic heterocycles. The van der Waals surface area contributed by atoms with Gasteiger partial charge in [-0.25, -0.2) is 9.18 Å². The topological polar surface area (TPSA) is 110 Å². The molecule has 2 rings (SSSR count). The molecule has 124 valence electrons. The maximum atomic E-state index is 12.9. The molecule has 0 aromatic heterocycles. The Morgan fingerprint density at radius 1 is 1.21 bits per heavy atom. The maximum absolute atomic E-state index is 12.9. The number of hydrogen-bond donors (Lipinski definition) is 2. The molecule has 0 spiro atoms. The standard InChI is InChI=1S/C16H13FN2O5/c17-12-6-4-10(5-7-12)8-14(16(21)22)18-15(20)11-2-1-3-13(9-11)19(23)24/h1-7,9,14H,8H2,(H,18,20)(H,21,22)/t14-/m1/s1. The summed E-state index contributed by atoms with van der Waals surface area (Å²) < 4.78 is 12.9. The molecule has 2 N–H and O–H groups in total. The van der Waals surface area contributed by atoms with Gasteiger partial charge >= 0.3 is 5.97 Å². The van der Waals surface area contributed by atoms with Crippen LogP contribution in [0.5, 0.6) is 0 Å². The van der Waals surface area contributed by atoms with Crippen LogP contribution in [0, 0.1) is 15.9 Å². The smallest absolute Gasteiger partial charge is 0.326 e. The number of nitrogens with one attached hydrogen (secondary N) is 1. The van der Waals surface area contributed by atoms with Gasteiger partial charge in [-0.1, -0.05) is 18.2 Å². The predicted octanol–water partition coefficient (Wildman–Crippen LogP) is 2.16. The Kier molecular flexibility index (Phi) is 5.20. The second kappa shape index (κ2) is 7.32. The highest BCUT2D eigenvalue weighted by Gasteiger charge is 2.22. The number of non-ortho nitro benzene ring substituents is 1. The van der Waals surface area contributed by atoms with E-state index in [4.69, 9.17) is 0 Å². The van der Waals surface area contributed by atoms with Gasteiger partial charge in [0.15, 0.2) is 0 Å². The number of carboxylic acids is 1. The third-order valence-corrected chi connectivity index (χ3v) is 3.28. The molecule has 0 saturated heterocycles. The highest BCUT2D eigenvalue weighted by atomic mass is 19.1. The number of carbonyl (C=O) groups is 2. The molecule has 0 saturated carbocycles. The zero-order valence-electron chi connectivity index (χ0n) is 12.3. The van der Waals surface area contributed by atoms with Gasteiger partial charge in [-0.3, -0.25) is 14.9 Å². The Balaban J connectivity index is 2.13. The molecule has 0 bridgehead atoms. The van der Waals surface area contributed by atoms with Crippen LogP contribution >= 0.6 is 0 Å². The second-order valence-corrected chi connectivity index (χ2v) is 5.00. The molecule has 7 nitrogen and oxygen atoms in total. The first kappa shape index (κ1) is 17.1. The van der Waals surface area contributed by atoms with E-state index in [9.17, 15) is 29.2 Å². The first-order valence-electron chi connectivity index (χ1n) is 6.89. The van der Waals surface area contributed by atoms with Crippen molar-refractivity contribution in [1.29, 1.82) is 0 Å². The van der Waals surface area contributed by atoms with E-state index in [0.717, 1.165) is 6.07 Å². The van der Waals surface area contributed by atoms with E-state index in [-0.39, 0.29) is 17.7 Å². The van der Waals surface area contributed by atoms with Gasteiger partial charge in [-0.15, -0.1) is 0 Å². The van der Waals surface area contributed by atoms with Crippen LogP contribution in [0.1, 0.15) is 15.9 Å². The Morgan fingerprint density at radius 2 is 1.88 bits per heavy atom. The van der Waals surface area contributed by atoms with Gasteiger partial charge in [0.1, 0.15) is 11.9 Å². The van der Waals surface area contributed by atoms with Crippen LogP contribution in [0.25, 0.3) is 0 Å². The van der Waals surface area contributed by atoms with Crippen molar-refractivity contribution in [3.05, 3.63) is 75.6 Å². The molecule has 1 amide bonds. The molecule has 8 heteroatoms. The molecule has 1 atom stereocenters. The summed E-state index contributed by atoms with van der Waals surface area (Å²) in [6.45, 7) is 0. The van der Waals surface area contributed by atoms with Gasteiger partial charge in [0.25, 0.3) is 11.6 Å². The Labute approximate surface area is 135 Å². The van der Waals surface area contributed by atoms with E-state index in [0.29, 0.717) is 5.56 Å². The van der Waals surface area contributed by atoms with E-state index >= 15 is 0 Å². The van der Waals surface area contributed by atoms with Crippen molar-refractivity contribution >= 4 is 17.6 Å². The molecule has 0 heterocycles. The largest absolute Gasteiger partial charge is 0.480 e. The van der Waals surface area contributed by atoms with Crippen molar-refractivity contribution in [3.8, 4) is 0 Å². The summed E-state index contributed by atoms with van der Waals surface area (Å²) >= 11 is 0. The lowest BCUT2D eigenvalue weighted by molar-refractivity contribution is -0.384. The number of hydrogen-bond acceptors (Lipinski definition) is 4. The summed E-state index contributed by atoms with van der Waals surface area (Å²) in [5.41, 5.74) is 0.241. The summed E-state index contributed by atoms with van der Waals surface area (Å²) in [6.07, 6.45) is -0.0454. The third kappa shape index (κ3) is 4.35. The Morgan fingerprint density at radius 3 is 2.46 bits per heavy atom. The molecule has 0 fully saturated rings. The number of halogens is 1. The lowest BCUT2D eigenvalue weighted by atomic mass is 10.1. The number of rotatable bonds is 6. The number of carboxylic acid groups (broad SMARTS) is 1. The minimum atomic E-state index is -1.27. The summed E-state index contributed by atoms with van der Waals surface area (Å²) in [5.74, 6) is -2.46. The van der Waals surface area contributed by atoms with E-state index in [1.54, 1.807) is 0 Å². The van der Waals surface area contributed by atoms with Crippen LogP contribution in [-0.4, -0.2) is 27.9 Å². The van der Waals surface area contributed by atoms with E-state index in [1.165, 1.54) is 42.5 Å². The molecule has 24 heavy (non-hydrogen) atoms. The first-order chi connectivity index (χ1) is 11.4. The average Bonchev–Trinajstić information content (AvgIpc) is 2.56. The first-order valence-corrected chi connectivity index (χ1v) is 6.89. The zero-order valence-corrected chi connectivity index (χ0v) is 12.3. The van der Waals surface area contributed by atoms with Crippen molar-refractivity contribution in [2.75, 3.05) is 0 Å². The summed E-state index contributed by atoms with van der Waals surface area (Å²) in [5, 5.41) is 22.3. The van der Waals surface area contributed by atoms with Crippen LogP contribution in [0.15, 0.2) is 48.5 Å². The number of carbonyl (C=O) groups excluding carboxylic acids is 1. The van der Waals surface area contributed by atoms with E-state index in [2.05, 4.69) is 5.32 Å². The van der Waals surface area contributed by atoms with Crippen molar-refractivity contribution in [1.82, 2.24) is 5.32 Å². The third-order valence-electron chi connectivity index (χ3n) is 3.28. The Hall–Kier alpha value is -3.29. The lowest BCUT2D eigenvalue weighted by Crippen LogP contribution is -2.42. The summed E-state index contributed by atoms with van der Waals surface area (Å²) in [4.78, 5) is 33.5. The van der Waals surface area contributed by atoms with Gasteiger partial charge < -0.3 is 10.4 Å². The fraction of sp³-hybridized carbons (Fsp3) is 0.125. The number of nitrogens with zero attached hydrogens (tertiary/aromatic N) is 1. The van der Waals surface area contributed by atoms with Crippen LogP contribution < -0.4 is 5.32 Å². The van der Waals surface area contributed by atoms with Crippen molar-refractivity contribution in [2.45, 2.75) is 12.5 Å². The Bertz CT molecular complexity index is 776. The van der Waals surface area contributed by atoms with Gasteiger partial charge in [0.05, 0.1) is 4.92 Å². The molecule has 0 unspecified atom stereocenters. The quantitative estimate of drug-likeness (QED) is 0.622. The molecule has 0 radical (unpaired) electrons. The number of benzene rings is 2. The van der Waals surface area contributed by atoms with Crippen LogP contribution in [0.3, 0.4) is 0 Å². The van der Waals surface area contributed by atoms with Crippen molar-refractivity contribution in [3.63, 3.8) is 0 Å². The van der Waals surface area contributed by atoms with E-state index < -0.39 is 28.7 Å². The maximum Gasteiger partial charge on any atom is 0.326 e. The minimum Gasteiger partial charge on any atom is -0.480 e. The highest BCUT2D eigenvalue weighted by molar-refractivity contribution is 5.97. The van der Waals surface area contributed by atoms with Crippen LogP contribution in [0.4, 0.5) is 10.1 Å². The highest BCUT2D eigenvalue weighted by Crippen LogP contribution is 2.13.